The Hall–Kier alpha value is -0.720. The molecule has 2 aromatic rings. The second kappa shape index (κ2) is 6.58. The number of aromatic nitrogens is 2. The molecule has 112 valence electrons. The minimum atomic E-state index is 0.913. The van der Waals surface area contributed by atoms with Crippen LogP contribution in [-0.2, 0) is 12.8 Å². The molecular formula is C15H19N3S3. The van der Waals surface area contributed by atoms with E-state index in [0.717, 1.165) is 33.7 Å². The second-order valence-corrected chi connectivity index (χ2v) is 7.82. The maximum absolute atomic E-state index is 5.58. The quantitative estimate of drug-likeness (QED) is 0.473. The lowest BCUT2D eigenvalue weighted by molar-refractivity contribution is 0.482. The van der Waals surface area contributed by atoms with Crippen LogP contribution in [0, 0.1) is 0 Å². The molecule has 0 fully saturated rings. The van der Waals surface area contributed by atoms with Gasteiger partial charge in [0.2, 0.25) is 0 Å². The van der Waals surface area contributed by atoms with E-state index in [9.17, 15) is 0 Å². The molecule has 3 nitrogen and oxygen atoms in total. The number of thiocarbonyl (C=S) groups is 1. The fourth-order valence-electron chi connectivity index (χ4n) is 2.77. The van der Waals surface area contributed by atoms with Crippen molar-refractivity contribution in [2.24, 2.45) is 0 Å². The molecule has 2 aromatic heterocycles. The van der Waals surface area contributed by atoms with Crippen molar-refractivity contribution in [3.8, 4) is 0 Å². The van der Waals surface area contributed by atoms with Crippen molar-refractivity contribution in [3.63, 3.8) is 0 Å². The first-order chi connectivity index (χ1) is 10.2. The molecule has 0 saturated carbocycles. The highest BCUT2D eigenvalue weighted by Gasteiger charge is 2.21. The largest absolute Gasteiger partial charge is 0.358 e. The average molecular weight is 338 g/mol. The van der Waals surface area contributed by atoms with E-state index in [1.54, 1.807) is 18.1 Å². The summed E-state index contributed by atoms with van der Waals surface area (Å²) in [7, 11) is 0. The van der Waals surface area contributed by atoms with E-state index in [1.807, 2.05) is 11.3 Å². The SMILES string of the molecule is CCN(CC)C(=S)Sc1ncnc2sc3c(c12)CCCC3. The molecule has 0 spiro atoms. The Kier molecular flexibility index (Phi) is 4.76. The molecule has 21 heavy (non-hydrogen) atoms. The molecule has 0 bridgehead atoms. The molecule has 0 unspecified atom stereocenters. The molecule has 0 aliphatic heterocycles. The number of hydrogen-bond donors (Lipinski definition) is 0. The monoisotopic (exact) mass is 337 g/mol. The summed E-state index contributed by atoms with van der Waals surface area (Å²) < 4.78 is 0.913. The van der Waals surface area contributed by atoms with Gasteiger partial charge in [0, 0.05) is 23.4 Å². The van der Waals surface area contributed by atoms with Gasteiger partial charge in [0.1, 0.15) is 20.5 Å². The van der Waals surface area contributed by atoms with Crippen molar-refractivity contribution in [1.29, 1.82) is 0 Å². The van der Waals surface area contributed by atoms with Crippen LogP contribution < -0.4 is 0 Å². The van der Waals surface area contributed by atoms with Crippen LogP contribution in [0.5, 0.6) is 0 Å². The third-order valence-corrected chi connectivity index (χ3v) is 6.57. The Morgan fingerprint density at radius 1 is 1.29 bits per heavy atom. The normalized spacial score (nSPS) is 14.2. The maximum Gasteiger partial charge on any atom is 0.142 e. The first-order valence-corrected chi connectivity index (χ1v) is 9.50. The summed E-state index contributed by atoms with van der Waals surface area (Å²) in [6.45, 7) is 6.16. The van der Waals surface area contributed by atoms with E-state index in [2.05, 4.69) is 28.7 Å². The van der Waals surface area contributed by atoms with E-state index in [4.69, 9.17) is 12.2 Å². The number of aryl methyl sites for hydroxylation is 2. The predicted octanol–water partition coefficient (Wildman–Crippen LogP) is 4.29. The number of rotatable bonds is 3. The van der Waals surface area contributed by atoms with Gasteiger partial charge >= 0.3 is 0 Å². The van der Waals surface area contributed by atoms with Crippen molar-refractivity contribution in [3.05, 3.63) is 16.8 Å². The summed E-state index contributed by atoms with van der Waals surface area (Å²) in [4.78, 5) is 13.8. The van der Waals surface area contributed by atoms with E-state index >= 15 is 0 Å². The van der Waals surface area contributed by atoms with E-state index < -0.39 is 0 Å². The van der Waals surface area contributed by atoms with Crippen LogP contribution in [0.15, 0.2) is 11.4 Å². The lowest BCUT2D eigenvalue weighted by atomic mass is 9.97. The zero-order valence-electron chi connectivity index (χ0n) is 12.4. The van der Waals surface area contributed by atoms with Crippen molar-refractivity contribution in [1.82, 2.24) is 14.9 Å². The van der Waals surface area contributed by atoms with Crippen LogP contribution in [0.1, 0.15) is 37.1 Å². The highest BCUT2D eigenvalue weighted by atomic mass is 32.2. The molecule has 3 rings (SSSR count). The number of fused-ring (bicyclic) bond motifs is 3. The van der Waals surface area contributed by atoms with Gasteiger partial charge in [-0.05, 0) is 56.9 Å². The lowest BCUT2D eigenvalue weighted by Gasteiger charge is -2.20. The Bertz CT molecular complexity index is 661. The van der Waals surface area contributed by atoms with Gasteiger partial charge in [0.05, 0.1) is 0 Å². The first-order valence-electron chi connectivity index (χ1n) is 7.46. The summed E-state index contributed by atoms with van der Waals surface area (Å²) in [6, 6.07) is 0. The standard InChI is InChI=1S/C15H19N3S3/c1-3-18(4-2)15(19)21-14-12-10-7-5-6-8-11(10)20-13(12)16-9-17-14/h9H,3-8H2,1-2H3. The molecule has 1 aliphatic carbocycles. The zero-order valence-corrected chi connectivity index (χ0v) is 14.8. The fourth-order valence-corrected chi connectivity index (χ4v) is 5.53. The third kappa shape index (κ3) is 2.94. The van der Waals surface area contributed by atoms with Crippen molar-refractivity contribution in [2.45, 2.75) is 44.6 Å². The zero-order chi connectivity index (χ0) is 14.8. The summed E-state index contributed by atoms with van der Waals surface area (Å²) in [5, 5.41) is 2.30. The molecule has 0 atom stereocenters. The summed E-state index contributed by atoms with van der Waals surface area (Å²) in [5.74, 6) is 0. The number of thiophene rings is 1. The van der Waals surface area contributed by atoms with Crippen LogP contribution in [0.2, 0.25) is 0 Å². The van der Waals surface area contributed by atoms with Gasteiger partial charge in [-0.25, -0.2) is 9.97 Å². The average Bonchev–Trinajstić information content (AvgIpc) is 2.88. The van der Waals surface area contributed by atoms with Crippen LogP contribution in [0.25, 0.3) is 10.2 Å². The number of hydrogen-bond acceptors (Lipinski definition) is 5. The lowest BCUT2D eigenvalue weighted by Crippen LogP contribution is -2.26. The number of nitrogens with zero attached hydrogens (tertiary/aromatic N) is 3. The van der Waals surface area contributed by atoms with Crippen molar-refractivity contribution >= 4 is 49.9 Å². The van der Waals surface area contributed by atoms with Crippen LogP contribution in [0.3, 0.4) is 0 Å². The smallest absolute Gasteiger partial charge is 0.142 e. The van der Waals surface area contributed by atoms with Gasteiger partial charge in [0.25, 0.3) is 0 Å². The fraction of sp³-hybridized carbons (Fsp3) is 0.533. The van der Waals surface area contributed by atoms with Gasteiger partial charge in [0.15, 0.2) is 0 Å². The molecule has 0 radical (unpaired) electrons. The summed E-state index contributed by atoms with van der Waals surface area (Å²) >= 11 is 9.04. The van der Waals surface area contributed by atoms with E-state index in [0.29, 0.717) is 0 Å². The summed E-state index contributed by atoms with van der Waals surface area (Å²) in [5.41, 5.74) is 1.48. The highest BCUT2D eigenvalue weighted by molar-refractivity contribution is 8.23. The predicted molar refractivity (Wildman–Crippen MR) is 95.4 cm³/mol. The summed E-state index contributed by atoms with van der Waals surface area (Å²) in [6.07, 6.45) is 6.61. The van der Waals surface area contributed by atoms with Gasteiger partial charge in [-0.2, -0.15) is 0 Å². The Morgan fingerprint density at radius 2 is 2.05 bits per heavy atom. The van der Waals surface area contributed by atoms with Crippen molar-refractivity contribution in [2.75, 3.05) is 13.1 Å². The highest BCUT2D eigenvalue weighted by Crippen LogP contribution is 2.39. The van der Waals surface area contributed by atoms with Gasteiger partial charge in [-0.15, -0.1) is 11.3 Å². The molecule has 0 saturated heterocycles. The maximum atomic E-state index is 5.58. The molecule has 2 heterocycles. The second-order valence-electron chi connectivity index (χ2n) is 5.11. The Morgan fingerprint density at radius 3 is 2.81 bits per heavy atom. The van der Waals surface area contributed by atoms with Crippen LogP contribution in [-0.4, -0.2) is 32.3 Å². The Balaban J connectivity index is 1.99. The van der Waals surface area contributed by atoms with E-state index in [1.165, 1.54) is 35.1 Å². The first kappa shape index (κ1) is 15.2. The third-order valence-electron chi connectivity index (χ3n) is 3.92. The molecule has 0 aromatic carbocycles. The minimum absolute atomic E-state index is 0.913. The topological polar surface area (TPSA) is 29.0 Å². The van der Waals surface area contributed by atoms with Crippen LogP contribution >= 0.6 is 35.3 Å². The van der Waals surface area contributed by atoms with Gasteiger partial charge in [-0.1, -0.05) is 12.2 Å². The van der Waals surface area contributed by atoms with Crippen LogP contribution in [0.4, 0.5) is 0 Å². The minimum Gasteiger partial charge on any atom is -0.358 e. The molecule has 0 N–H and O–H groups in total. The molecular weight excluding hydrogens is 318 g/mol. The Labute approximate surface area is 139 Å². The van der Waals surface area contributed by atoms with Gasteiger partial charge < -0.3 is 4.90 Å². The molecule has 6 heteroatoms. The van der Waals surface area contributed by atoms with Crippen molar-refractivity contribution < 1.29 is 0 Å². The number of thioether (sulfide) groups is 1. The molecule has 0 amide bonds. The van der Waals surface area contributed by atoms with E-state index in [-0.39, 0.29) is 0 Å². The molecule has 1 aliphatic rings. The van der Waals surface area contributed by atoms with Gasteiger partial charge in [-0.3, -0.25) is 0 Å².